The van der Waals surface area contributed by atoms with E-state index in [0.717, 1.165) is 29.9 Å². The number of hydrogen-bond donors (Lipinski definition) is 0. The molecule has 1 fully saturated rings. The number of thiocarbonyl (C=S) groups is 1. The molecule has 1 saturated heterocycles. The highest BCUT2D eigenvalue weighted by molar-refractivity contribution is 7.79. The van der Waals surface area contributed by atoms with E-state index in [1.807, 2.05) is 18.2 Å². The molecule has 0 aromatic heterocycles. The van der Waals surface area contributed by atoms with Gasteiger partial charge in [0.2, 0.25) is 0 Å². The first-order valence-corrected chi connectivity index (χ1v) is 6.69. The van der Waals surface area contributed by atoms with E-state index in [4.69, 9.17) is 31.2 Å². The second-order valence-corrected chi connectivity index (χ2v) is 4.71. The topological polar surface area (TPSA) is 36.9 Å². The van der Waals surface area contributed by atoms with E-state index in [1.54, 1.807) is 14.2 Å². The van der Waals surface area contributed by atoms with Gasteiger partial charge in [0.1, 0.15) is 17.6 Å². The molecular formula is C14H18O4S. The minimum Gasteiger partial charge on any atom is -0.497 e. The molecule has 1 heterocycles. The summed E-state index contributed by atoms with van der Waals surface area (Å²) in [6, 6.07) is 5.67. The van der Waals surface area contributed by atoms with Gasteiger partial charge in [-0.1, -0.05) is 13.3 Å². The zero-order chi connectivity index (χ0) is 13.8. The lowest BCUT2D eigenvalue weighted by Crippen LogP contribution is -2.15. The molecule has 1 aromatic rings. The van der Waals surface area contributed by atoms with Crippen LogP contribution in [0.15, 0.2) is 18.2 Å². The third-order valence-electron chi connectivity index (χ3n) is 3.08. The van der Waals surface area contributed by atoms with Crippen LogP contribution in [0.5, 0.6) is 11.5 Å². The van der Waals surface area contributed by atoms with Crippen molar-refractivity contribution >= 4 is 17.5 Å². The first kappa shape index (κ1) is 13.9. The van der Waals surface area contributed by atoms with Crippen molar-refractivity contribution in [2.45, 2.75) is 32.0 Å². The van der Waals surface area contributed by atoms with Gasteiger partial charge in [-0.25, -0.2) is 0 Å². The van der Waals surface area contributed by atoms with E-state index < -0.39 is 0 Å². The van der Waals surface area contributed by atoms with Gasteiger partial charge in [-0.15, -0.1) is 0 Å². The summed E-state index contributed by atoms with van der Waals surface area (Å²) in [6.45, 7) is 2.11. The molecule has 0 bridgehead atoms. The maximum Gasteiger partial charge on any atom is 0.353 e. The molecule has 0 N–H and O–H groups in total. The van der Waals surface area contributed by atoms with Crippen LogP contribution in [-0.4, -0.2) is 25.6 Å². The number of rotatable bonds is 5. The zero-order valence-electron chi connectivity index (χ0n) is 11.3. The lowest BCUT2D eigenvalue weighted by atomic mass is 10.0. The molecule has 2 rings (SSSR count). The summed E-state index contributed by atoms with van der Waals surface area (Å²) in [6.07, 6.45) is 1.66. The van der Waals surface area contributed by atoms with Crippen LogP contribution in [0.3, 0.4) is 0 Å². The highest BCUT2D eigenvalue weighted by Gasteiger charge is 2.35. The van der Waals surface area contributed by atoms with Crippen molar-refractivity contribution in [3.8, 4) is 11.5 Å². The molecule has 0 amide bonds. The fourth-order valence-electron chi connectivity index (χ4n) is 2.16. The maximum absolute atomic E-state index is 5.61. The van der Waals surface area contributed by atoms with Crippen LogP contribution in [0, 0.1) is 0 Å². The Balaban J connectivity index is 2.31. The number of benzene rings is 1. The van der Waals surface area contributed by atoms with Gasteiger partial charge in [0.25, 0.3) is 0 Å². The van der Waals surface area contributed by atoms with Gasteiger partial charge >= 0.3 is 5.24 Å². The van der Waals surface area contributed by atoms with Crippen LogP contribution < -0.4 is 9.47 Å². The maximum atomic E-state index is 5.61. The quantitative estimate of drug-likeness (QED) is 0.775. The summed E-state index contributed by atoms with van der Waals surface area (Å²) in [4.78, 5) is 0. The third-order valence-corrected chi connectivity index (χ3v) is 3.28. The summed E-state index contributed by atoms with van der Waals surface area (Å²) in [5, 5.41) is 0.213. The average Bonchev–Trinajstić information content (AvgIpc) is 2.79. The van der Waals surface area contributed by atoms with Gasteiger partial charge < -0.3 is 18.9 Å². The molecule has 2 atom stereocenters. The Hall–Kier alpha value is -1.49. The fraction of sp³-hybridized carbons (Fsp3) is 0.500. The average molecular weight is 282 g/mol. The summed E-state index contributed by atoms with van der Waals surface area (Å²) in [7, 11) is 3.25. The molecule has 4 nitrogen and oxygen atoms in total. The molecule has 0 aliphatic carbocycles. The van der Waals surface area contributed by atoms with Crippen LogP contribution in [0.1, 0.15) is 31.4 Å². The first-order chi connectivity index (χ1) is 9.17. The van der Waals surface area contributed by atoms with E-state index >= 15 is 0 Å². The fourth-order valence-corrected chi connectivity index (χ4v) is 2.39. The van der Waals surface area contributed by atoms with Crippen molar-refractivity contribution in [3.63, 3.8) is 0 Å². The van der Waals surface area contributed by atoms with Crippen molar-refractivity contribution in [2.75, 3.05) is 14.2 Å². The van der Waals surface area contributed by atoms with E-state index in [-0.39, 0.29) is 17.4 Å². The molecule has 1 aliphatic heterocycles. The van der Waals surface area contributed by atoms with Gasteiger partial charge in [-0.2, -0.15) is 0 Å². The van der Waals surface area contributed by atoms with E-state index in [9.17, 15) is 0 Å². The Labute approximate surface area is 118 Å². The van der Waals surface area contributed by atoms with Crippen molar-refractivity contribution < 1.29 is 18.9 Å². The summed E-state index contributed by atoms with van der Waals surface area (Å²) in [5.41, 5.74) is 0.953. The summed E-state index contributed by atoms with van der Waals surface area (Å²) < 4.78 is 21.7. The van der Waals surface area contributed by atoms with Crippen molar-refractivity contribution in [1.82, 2.24) is 0 Å². The highest BCUT2D eigenvalue weighted by Crippen LogP contribution is 2.36. The monoisotopic (exact) mass is 282 g/mol. The lowest BCUT2D eigenvalue weighted by molar-refractivity contribution is 0.147. The predicted molar refractivity (Wildman–Crippen MR) is 75.8 cm³/mol. The van der Waals surface area contributed by atoms with Crippen LogP contribution in [0.2, 0.25) is 0 Å². The summed E-state index contributed by atoms with van der Waals surface area (Å²) in [5.74, 6) is 1.46. The molecule has 0 spiro atoms. The third kappa shape index (κ3) is 3.10. The van der Waals surface area contributed by atoms with E-state index in [0.29, 0.717) is 0 Å². The normalized spacial score (nSPS) is 21.7. The van der Waals surface area contributed by atoms with Gasteiger partial charge in [-0.3, -0.25) is 0 Å². The largest absolute Gasteiger partial charge is 0.497 e. The highest BCUT2D eigenvalue weighted by atomic mass is 32.1. The van der Waals surface area contributed by atoms with E-state index in [2.05, 4.69) is 6.92 Å². The molecule has 104 valence electrons. The van der Waals surface area contributed by atoms with Crippen LogP contribution in [0.25, 0.3) is 0 Å². The zero-order valence-corrected chi connectivity index (χ0v) is 12.2. The molecule has 0 unspecified atom stereocenters. The van der Waals surface area contributed by atoms with Crippen LogP contribution in [0.4, 0.5) is 0 Å². The number of hydrogen-bond acceptors (Lipinski definition) is 5. The van der Waals surface area contributed by atoms with Gasteiger partial charge in [0.15, 0.2) is 6.10 Å². The number of ether oxygens (including phenoxy) is 4. The first-order valence-electron chi connectivity index (χ1n) is 6.28. The molecule has 0 saturated carbocycles. The van der Waals surface area contributed by atoms with Crippen LogP contribution in [-0.2, 0) is 9.47 Å². The minimum atomic E-state index is -0.198. The Bertz CT molecular complexity index is 439. The van der Waals surface area contributed by atoms with Gasteiger partial charge in [-0.05, 0) is 18.6 Å². The Morgan fingerprint density at radius 3 is 2.26 bits per heavy atom. The van der Waals surface area contributed by atoms with Gasteiger partial charge in [0, 0.05) is 23.8 Å². The number of methoxy groups -OCH3 is 2. The molecule has 19 heavy (non-hydrogen) atoms. The Morgan fingerprint density at radius 1 is 1.11 bits per heavy atom. The molecule has 1 aromatic carbocycles. The van der Waals surface area contributed by atoms with Gasteiger partial charge in [0.05, 0.1) is 14.2 Å². The van der Waals surface area contributed by atoms with Crippen LogP contribution >= 0.6 is 12.2 Å². The molecule has 5 heteroatoms. The SMILES string of the molecule is CCC[C@H]1OC(=S)O[C@@H]1c1cc(OC)cc(OC)c1. The van der Waals surface area contributed by atoms with Crippen molar-refractivity contribution in [3.05, 3.63) is 23.8 Å². The minimum absolute atomic E-state index is 0.0469. The second kappa shape index (κ2) is 6.10. The molecular weight excluding hydrogens is 264 g/mol. The van der Waals surface area contributed by atoms with E-state index in [1.165, 1.54) is 0 Å². The van der Waals surface area contributed by atoms with Crippen molar-refractivity contribution in [2.24, 2.45) is 0 Å². The molecule has 1 aliphatic rings. The predicted octanol–water partition coefficient (Wildman–Crippen LogP) is 3.25. The lowest BCUT2D eigenvalue weighted by Gasteiger charge is -2.17. The second-order valence-electron chi connectivity index (χ2n) is 4.38. The smallest absolute Gasteiger partial charge is 0.353 e. The summed E-state index contributed by atoms with van der Waals surface area (Å²) >= 11 is 5.00. The standard InChI is InChI=1S/C14H18O4S/c1-4-5-12-13(18-14(19)17-12)9-6-10(15-2)8-11(7-9)16-3/h6-8,12-13H,4-5H2,1-3H3/t12-,13-/m1/s1. The Kier molecular flexibility index (Phi) is 4.47. The van der Waals surface area contributed by atoms with Crippen molar-refractivity contribution in [1.29, 1.82) is 0 Å². The molecule has 0 radical (unpaired) electrons. The Morgan fingerprint density at radius 2 is 1.74 bits per heavy atom.